The molecule has 3 unspecified atom stereocenters. The maximum atomic E-state index is 13.0. The highest BCUT2D eigenvalue weighted by molar-refractivity contribution is 5.92. The summed E-state index contributed by atoms with van der Waals surface area (Å²) in [6, 6.07) is 30.4. The third kappa shape index (κ3) is 8.94. The van der Waals surface area contributed by atoms with Crippen LogP contribution in [0.4, 0.5) is 0 Å². The number of H-pyrrole nitrogens is 1. The molecule has 11 heteroatoms. The second-order valence-electron chi connectivity index (χ2n) is 13.2. The summed E-state index contributed by atoms with van der Waals surface area (Å²) in [5, 5.41) is 21.3. The van der Waals surface area contributed by atoms with E-state index in [4.69, 9.17) is 19.7 Å². The highest BCUT2D eigenvalue weighted by atomic mass is 16.7. The highest BCUT2D eigenvalue weighted by Gasteiger charge is 2.24. The molecule has 1 amide bonds. The molecular formula is C43H42N4O7. The second-order valence-corrected chi connectivity index (χ2v) is 13.2. The van der Waals surface area contributed by atoms with E-state index < -0.39 is 24.6 Å². The van der Waals surface area contributed by atoms with Crippen molar-refractivity contribution in [2.24, 2.45) is 0 Å². The number of rotatable bonds is 15. The van der Waals surface area contributed by atoms with Gasteiger partial charge >= 0.3 is 11.9 Å². The van der Waals surface area contributed by atoms with Crippen molar-refractivity contribution in [1.29, 1.82) is 0 Å². The molecule has 0 bridgehead atoms. The summed E-state index contributed by atoms with van der Waals surface area (Å²) in [5.74, 6) is -0.896. The third-order valence-electron chi connectivity index (χ3n) is 9.22. The minimum Gasteiger partial charge on any atom is -0.482 e. The number of ether oxygens (including phenoxy) is 1. The van der Waals surface area contributed by atoms with E-state index in [1.165, 1.54) is 11.6 Å². The molecule has 0 fully saturated rings. The number of hydrogen-bond acceptors (Lipinski definition) is 7. The number of carbonyl (C=O) groups excluding carboxylic acids is 1. The first-order valence-electron chi connectivity index (χ1n) is 17.8. The lowest BCUT2D eigenvalue weighted by atomic mass is 9.89. The number of nitrogens with one attached hydrogen (secondary N) is 3. The number of aliphatic carboxylic acids is 2. The monoisotopic (exact) mass is 726 g/mol. The van der Waals surface area contributed by atoms with Crippen molar-refractivity contribution in [1.82, 2.24) is 20.8 Å². The van der Waals surface area contributed by atoms with Crippen LogP contribution in [0, 0.1) is 0 Å². The van der Waals surface area contributed by atoms with E-state index >= 15 is 0 Å². The van der Waals surface area contributed by atoms with Crippen LogP contribution in [-0.4, -0.2) is 50.7 Å². The molecule has 11 nitrogen and oxygen atoms in total. The average molecular weight is 727 g/mol. The van der Waals surface area contributed by atoms with Crippen LogP contribution < -0.4 is 15.5 Å². The quantitative estimate of drug-likeness (QED) is 0.0673. The molecule has 5 aromatic rings. The fraction of sp³-hybridized carbons (Fsp3) is 0.209. The van der Waals surface area contributed by atoms with Crippen LogP contribution in [0.2, 0.25) is 0 Å². The standard InChI is InChI=1S/C43H42N4O7/c1-4-7-26(2)34-8-5-6-9-35(34)27(3)44-38(48)23-12-28-10-13-30(14-11-28)40-41(31-19-21-33(22-20-31)53-25-39(49)50)46-42(45-40)32-17-15-29(16-18-32)36-24-37(43(51)52)54-47-36/h5-6,8-24,26-27,37,47H,4,7,25H2,1-3H3,(H,44,48)(H,45,46)(H,49,50)(H,51,52). The van der Waals surface area contributed by atoms with Crippen LogP contribution in [0.15, 0.2) is 109 Å². The summed E-state index contributed by atoms with van der Waals surface area (Å²) in [4.78, 5) is 48.8. The lowest BCUT2D eigenvalue weighted by molar-refractivity contribution is -0.148. The van der Waals surface area contributed by atoms with E-state index in [0.717, 1.165) is 51.9 Å². The molecule has 6 rings (SSSR count). The first kappa shape index (κ1) is 37.3. The van der Waals surface area contributed by atoms with Gasteiger partial charge in [0.1, 0.15) is 11.6 Å². The minimum atomic E-state index is -1.08. The van der Waals surface area contributed by atoms with Crippen molar-refractivity contribution in [2.45, 2.75) is 51.7 Å². The van der Waals surface area contributed by atoms with E-state index in [0.29, 0.717) is 28.9 Å². The van der Waals surface area contributed by atoms with E-state index in [1.807, 2.05) is 79.7 Å². The van der Waals surface area contributed by atoms with Gasteiger partial charge in [-0.25, -0.2) is 14.6 Å². The van der Waals surface area contributed by atoms with Gasteiger partial charge in [0.25, 0.3) is 0 Å². The van der Waals surface area contributed by atoms with Gasteiger partial charge in [-0.2, -0.15) is 0 Å². The van der Waals surface area contributed by atoms with Gasteiger partial charge in [-0.05, 0) is 77.9 Å². The number of carboxylic acids is 2. The molecule has 0 saturated carbocycles. The van der Waals surface area contributed by atoms with E-state index in [-0.39, 0.29) is 11.9 Å². The van der Waals surface area contributed by atoms with Gasteiger partial charge in [0.05, 0.1) is 23.1 Å². The largest absolute Gasteiger partial charge is 0.482 e. The maximum absolute atomic E-state index is 13.0. The molecule has 0 aliphatic carbocycles. The Hall–Kier alpha value is -6.46. The Balaban J connectivity index is 1.22. The van der Waals surface area contributed by atoms with Crippen LogP contribution in [0.25, 0.3) is 45.7 Å². The number of aromatic amines is 1. The molecule has 0 saturated heterocycles. The average Bonchev–Trinajstić information content (AvgIpc) is 3.86. The smallest absolute Gasteiger partial charge is 0.341 e. The summed E-state index contributed by atoms with van der Waals surface area (Å²) in [7, 11) is 0. The van der Waals surface area contributed by atoms with Gasteiger partial charge < -0.3 is 25.3 Å². The van der Waals surface area contributed by atoms with E-state index in [2.05, 4.69) is 41.8 Å². The molecule has 54 heavy (non-hydrogen) atoms. The number of amides is 1. The Kier molecular flexibility index (Phi) is 11.7. The van der Waals surface area contributed by atoms with Crippen molar-refractivity contribution < 1.29 is 34.2 Å². The number of hydrogen-bond donors (Lipinski definition) is 5. The summed E-state index contributed by atoms with van der Waals surface area (Å²) >= 11 is 0. The third-order valence-corrected chi connectivity index (χ3v) is 9.22. The Morgan fingerprint density at radius 3 is 2.17 bits per heavy atom. The van der Waals surface area contributed by atoms with Crippen LogP contribution in [-0.2, 0) is 19.2 Å². The molecule has 2 heterocycles. The number of imidazole rings is 1. The number of carbonyl (C=O) groups is 3. The van der Waals surface area contributed by atoms with E-state index in [9.17, 15) is 19.5 Å². The first-order chi connectivity index (χ1) is 26.1. The molecule has 276 valence electrons. The number of aromatic nitrogens is 2. The lowest BCUT2D eigenvalue weighted by Crippen LogP contribution is -2.25. The topological polar surface area (TPSA) is 163 Å². The number of nitrogens with zero attached hydrogens (tertiary/aromatic N) is 1. The normalized spacial score (nSPS) is 14.9. The molecule has 0 spiro atoms. The SMILES string of the molecule is CCCC(C)c1ccccc1C(C)NC(=O)C=Cc1ccc(-c2[nH]c(-c3ccc(C4=CC(C(=O)O)ON4)cc3)nc2-c2ccc(OCC(=O)O)cc2)cc1. The molecule has 3 atom stereocenters. The Labute approximate surface area is 313 Å². The zero-order chi connectivity index (χ0) is 38.2. The van der Waals surface area contributed by atoms with Gasteiger partial charge in [-0.15, -0.1) is 0 Å². The molecular weight excluding hydrogens is 684 g/mol. The summed E-state index contributed by atoms with van der Waals surface area (Å²) in [6.07, 6.45) is 5.96. The second kappa shape index (κ2) is 16.9. The molecule has 1 aliphatic heterocycles. The maximum Gasteiger partial charge on any atom is 0.341 e. The minimum absolute atomic E-state index is 0.142. The number of carboxylic acid groups (broad SMARTS) is 2. The first-order valence-corrected chi connectivity index (χ1v) is 17.8. The van der Waals surface area contributed by atoms with Crippen molar-refractivity contribution in [3.05, 3.63) is 131 Å². The lowest BCUT2D eigenvalue weighted by Gasteiger charge is -2.21. The molecule has 1 aliphatic rings. The van der Waals surface area contributed by atoms with Gasteiger partial charge in [-0.3, -0.25) is 15.1 Å². The van der Waals surface area contributed by atoms with Crippen molar-refractivity contribution in [3.63, 3.8) is 0 Å². The van der Waals surface area contributed by atoms with Gasteiger partial charge in [0.2, 0.25) is 12.0 Å². The highest BCUT2D eigenvalue weighted by Crippen LogP contribution is 2.35. The Morgan fingerprint density at radius 1 is 0.870 bits per heavy atom. The zero-order valence-corrected chi connectivity index (χ0v) is 30.2. The van der Waals surface area contributed by atoms with Gasteiger partial charge in [0, 0.05) is 22.8 Å². The van der Waals surface area contributed by atoms with Crippen molar-refractivity contribution in [3.8, 4) is 39.7 Å². The van der Waals surface area contributed by atoms with Gasteiger partial charge in [0.15, 0.2) is 6.61 Å². The van der Waals surface area contributed by atoms with Crippen LogP contribution in [0.1, 0.15) is 67.8 Å². The fourth-order valence-electron chi connectivity index (χ4n) is 6.43. The number of benzene rings is 4. The Bertz CT molecular complexity index is 2170. The fourth-order valence-corrected chi connectivity index (χ4v) is 6.43. The predicted molar refractivity (Wildman–Crippen MR) is 207 cm³/mol. The zero-order valence-electron chi connectivity index (χ0n) is 30.2. The van der Waals surface area contributed by atoms with Gasteiger partial charge in [-0.1, -0.05) is 93.1 Å². The molecule has 5 N–H and O–H groups in total. The number of hydroxylamine groups is 1. The van der Waals surface area contributed by atoms with Crippen LogP contribution in [0.5, 0.6) is 5.75 Å². The molecule has 4 aromatic carbocycles. The predicted octanol–water partition coefficient (Wildman–Crippen LogP) is 8.00. The van der Waals surface area contributed by atoms with Crippen molar-refractivity contribution >= 4 is 29.6 Å². The molecule has 1 aromatic heterocycles. The molecule has 0 radical (unpaired) electrons. The van der Waals surface area contributed by atoms with Crippen molar-refractivity contribution in [2.75, 3.05) is 6.61 Å². The van der Waals surface area contributed by atoms with Crippen LogP contribution >= 0.6 is 0 Å². The summed E-state index contributed by atoms with van der Waals surface area (Å²) < 4.78 is 5.33. The van der Waals surface area contributed by atoms with E-state index in [1.54, 1.807) is 24.3 Å². The van der Waals surface area contributed by atoms with Crippen LogP contribution in [0.3, 0.4) is 0 Å². The summed E-state index contributed by atoms with van der Waals surface area (Å²) in [6.45, 7) is 5.97. The summed E-state index contributed by atoms with van der Waals surface area (Å²) in [5.41, 5.74) is 11.1. The Morgan fingerprint density at radius 2 is 1.52 bits per heavy atom.